The summed E-state index contributed by atoms with van der Waals surface area (Å²) in [4.78, 5) is 14.2. The van der Waals surface area contributed by atoms with Crippen molar-refractivity contribution >= 4 is 5.91 Å². The number of alkyl halides is 3. The second-order valence-corrected chi connectivity index (χ2v) is 5.82. The van der Waals surface area contributed by atoms with Gasteiger partial charge in [0.2, 0.25) is 0 Å². The first-order valence-electron chi connectivity index (χ1n) is 7.41. The van der Waals surface area contributed by atoms with Gasteiger partial charge in [0.25, 0.3) is 5.91 Å². The molecule has 0 bridgehead atoms. The maximum absolute atomic E-state index is 13.1. The van der Waals surface area contributed by atoms with Crippen LogP contribution in [0.3, 0.4) is 0 Å². The fraction of sp³-hybridized carbons (Fsp3) is 0.714. The molecule has 0 unspecified atom stereocenters. The van der Waals surface area contributed by atoms with Gasteiger partial charge in [-0.25, -0.2) is 0 Å². The van der Waals surface area contributed by atoms with Crippen molar-refractivity contribution in [2.45, 2.75) is 44.0 Å². The first-order chi connectivity index (χ1) is 10.4. The first kappa shape index (κ1) is 15.3. The van der Waals surface area contributed by atoms with E-state index >= 15 is 0 Å². The molecule has 1 amide bonds. The minimum absolute atomic E-state index is 0.0579. The molecule has 1 saturated carbocycles. The van der Waals surface area contributed by atoms with Crippen LogP contribution in [0.5, 0.6) is 0 Å². The van der Waals surface area contributed by atoms with Crippen LogP contribution in [0.1, 0.15) is 41.7 Å². The fourth-order valence-corrected chi connectivity index (χ4v) is 3.36. The van der Waals surface area contributed by atoms with E-state index in [1.54, 1.807) is 4.90 Å². The lowest BCUT2D eigenvalue weighted by Gasteiger charge is -2.43. The van der Waals surface area contributed by atoms with Crippen molar-refractivity contribution in [3.8, 4) is 0 Å². The number of carbonyl (C=O) groups is 1. The van der Waals surface area contributed by atoms with Gasteiger partial charge in [-0.1, -0.05) is 12.8 Å². The second kappa shape index (κ2) is 5.57. The molecule has 3 rings (SSSR count). The molecule has 22 heavy (non-hydrogen) atoms. The minimum atomic E-state index is -4.63. The Bertz CT molecular complexity index is 568. The van der Waals surface area contributed by atoms with Crippen LogP contribution in [-0.2, 0) is 18.0 Å². The van der Waals surface area contributed by atoms with Crippen LogP contribution >= 0.6 is 0 Å². The standard InChI is InChI=1S/C14H18F3N3O2/c1-19-8-9(12(18-19)14(15,16)17)13(21)20-6-7-22-11-5-3-2-4-10(11)20/h8,10-11H,2-7H2,1H3/t10-,11+/m1/s1. The highest BCUT2D eigenvalue weighted by atomic mass is 19.4. The number of aromatic nitrogens is 2. The molecule has 0 radical (unpaired) electrons. The molecule has 0 N–H and O–H groups in total. The van der Waals surface area contributed by atoms with Crippen molar-refractivity contribution in [2.75, 3.05) is 13.2 Å². The predicted molar refractivity (Wildman–Crippen MR) is 71.2 cm³/mol. The Balaban J connectivity index is 1.90. The molecule has 2 atom stereocenters. The summed E-state index contributed by atoms with van der Waals surface area (Å²) in [6.45, 7) is 0.695. The third-order valence-electron chi connectivity index (χ3n) is 4.32. The summed E-state index contributed by atoms with van der Waals surface area (Å²) in [6.07, 6.45) is 0.0869. The number of morpholine rings is 1. The van der Waals surface area contributed by atoms with Crippen LogP contribution in [0.15, 0.2) is 6.20 Å². The summed E-state index contributed by atoms with van der Waals surface area (Å²) in [5.41, 5.74) is -1.49. The quantitative estimate of drug-likeness (QED) is 0.798. The number of nitrogens with zero attached hydrogens (tertiary/aromatic N) is 3. The largest absolute Gasteiger partial charge is 0.435 e. The number of fused-ring (bicyclic) bond motifs is 1. The molecule has 8 heteroatoms. The summed E-state index contributed by atoms with van der Waals surface area (Å²) in [5, 5.41) is 3.41. The lowest BCUT2D eigenvalue weighted by molar-refractivity contribution is -0.142. The number of hydrogen-bond acceptors (Lipinski definition) is 3. The van der Waals surface area contributed by atoms with Gasteiger partial charge in [-0.3, -0.25) is 9.48 Å². The Morgan fingerprint density at radius 2 is 2.09 bits per heavy atom. The van der Waals surface area contributed by atoms with Gasteiger partial charge in [0, 0.05) is 19.8 Å². The van der Waals surface area contributed by atoms with E-state index in [4.69, 9.17) is 4.74 Å². The van der Waals surface area contributed by atoms with Crippen LogP contribution in [-0.4, -0.2) is 45.9 Å². The molecule has 2 heterocycles. The third-order valence-corrected chi connectivity index (χ3v) is 4.32. The molecule has 2 fully saturated rings. The number of carbonyl (C=O) groups excluding carboxylic acids is 1. The van der Waals surface area contributed by atoms with Gasteiger partial charge in [0.05, 0.1) is 24.3 Å². The van der Waals surface area contributed by atoms with Crippen LogP contribution in [0, 0.1) is 0 Å². The van der Waals surface area contributed by atoms with Crippen molar-refractivity contribution in [1.29, 1.82) is 0 Å². The summed E-state index contributed by atoms with van der Waals surface area (Å²) in [6, 6.07) is -0.128. The van der Waals surface area contributed by atoms with Gasteiger partial charge in [0.1, 0.15) is 0 Å². The van der Waals surface area contributed by atoms with E-state index in [1.807, 2.05) is 0 Å². The number of amides is 1. The fourth-order valence-electron chi connectivity index (χ4n) is 3.36. The van der Waals surface area contributed by atoms with Crippen molar-refractivity contribution in [3.63, 3.8) is 0 Å². The Morgan fingerprint density at radius 1 is 1.36 bits per heavy atom. The smallest absolute Gasteiger partial charge is 0.374 e. The zero-order valence-corrected chi connectivity index (χ0v) is 12.3. The molecule has 2 aliphatic rings. The molecule has 1 saturated heterocycles. The zero-order valence-electron chi connectivity index (χ0n) is 12.3. The first-order valence-corrected chi connectivity index (χ1v) is 7.41. The van der Waals surface area contributed by atoms with E-state index in [0.29, 0.717) is 13.2 Å². The van der Waals surface area contributed by atoms with Gasteiger partial charge in [-0.15, -0.1) is 0 Å². The van der Waals surface area contributed by atoms with Gasteiger partial charge in [-0.2, -0.15) is 18.3 Å². The molecule has 0 spiro atoms. The van der Waals surface area contributed by atoms with Crippen LogP contribution < -0.4 is 0 Å². The molecule has 1 aromatic rings. The minimum Gasteiger partial charge on any atom is -0.374 e. The van der Waals surface area contributed by atoms with Crippen LogP contribution in [0.2, 0.25) is 0 Å². The average Bonchev–Trinajstić information content (AvgIpc) is 2.88. The Kier molecular flexibility index (Phi) is 3.88. The second-order valence-electron chi connectivity index (χ2n) is 5.82. The highest BCUT2D eigenvalue weighted by molar-refractivity contribution is 5.95. The number of hydrogen-bond donors (Lipinski definition) is 0. The maximum Gasteiger partial charge on any atom is 0.435 e. The van der Waals surface area contributed by atoms with Crippen molar-refractivity contribution in [1.82, 2.24) is 14.7 Å². The van der Waals surface area contributed by atoms with E-state index in [9.17, 15) is 18.0 Å². The van der Waals surface area contributed by atoms with Crippen LogP contribution in [0.4, 0.5) is 13.2 Å². The lowest BCUT2D eigenvalue weighted by atomic mass is 9.89. The zero-order chi connectivity index (χ0) is 15.9. The highest BCUT2D eigenvalue weighted by Crippen LogP contribution is 2.34. The molecular formula is C14H18F3N3O2. The monoisotopic (exact) mass is 317 g/mol. The van der Waals surface area contributed by atoms with Gasteiger partial charge in [-0.05, 0) is 12.8 Å². The molecular weight excluding hydrogens is 299 g/mol. The molecule has 1 aliphatic carbocycles. The highest BCUT2D eigenvalue weighted by Gasteiger charge is 2.43. The number of rotatable bonds is 1. The van der Waals surface area contributed by atoms with Crippen LogP contribution in [0.25, 0.3) is 0 Å². The predicted octanol–water partition coefficient (Wildman–Crippen LogP) is 2.22. The van der Waals surface area contributed by atoms with E-state index < -0.39 is 17.8 Å². The molecule has 0 aromatic carbocycles. The summed E-state index contributed by atoms with van der Waals surface area (Å²) in [7, 11) is 1.38. The molecule has 1 aliphatic heterocycles. The topological polar surface area (TPSA) is 47.4 Å². The SMILES string of the molecule is Cn1cc(C(=O)N2CCO[C@H]3CCCC[C@H]32)c(C(F)(F)F)n1. The van der Waals surface area contributed by atoms with Crippen molar-refractivity contribution in [2.24, 2.45) is 7.05 Å². The number of ether oxygens (including phenoxy) is 1. The van der Waals surface area contributed by atoms with Gasteiger partial charge in [0.15, 0.2) is 5.69 Å². The van der Waals surface area contributed by atoms with E-state index in [-0.39, 0.29) is 17.7 Å². The molecule has 5 nitrogen and oxygen atoms in total. The Hall–Kier alpha value is -1.57. The Morgan fingerprint density at radius 3 is 2.82 bits per heavy atom. The van der Waals surface area contributed by atoms with E-state index in [2.05, 4.69) is 5.10 Å². The Labute approximate surface area is 126 Å². The summed E-state index contributed by atoms with van der Waals surface area (Å²) >= 11 is 0. The summed E-state index contributed by atoms with van der Waals surface area (Å²) in [5.74, 6) is -0.597. The third kappa shape index (κ3) is 2.71. The molecule has 122 valence electrons. The van der Waals surface area contributed by atoms with Crippen molar-refractivity contribution < 1.29 is 22.7 Å². The van der Waals surface area contributed by atoms with Gasteiger partial charge >= 0.3 is 6.18 Å². The number of aryl methyl sites for hydroxylation is 1. The average molecular weight is 317 g/mol. The maximum atomic E-state index is 13.1. The van der Waals surface area contributed by atoms with Gasteiger partial charge < -0.3 is 9.64 Å². The van der Waals surface area contributed by atoms with E-state index in [1.165, 1.54) is 7.05 Å². The van der Waals surface area contributed by atoms with Crippen molar-refractivity contribution in [3.05, 3.63) is 17.5 Å². The lowest BCUT2D eigenvalue weighted by Crippen LogP contribution is -2.55. The molecule has 1 aromatic heterocycles. The number of halogens is 3. The summed E-state index contributed by atoms with van der Waals surface area (Å²) < 4.78 is 45.9. The normalized spacial score (nSPS) is 25.9. The van der Waals surface area contributed by atoms with E-state index in [0.717, 1.165) is 36.6 Å².